The maximum absolute atomic E-state index is 10.2. The molecule has 0 saturated heterocycles. The average molecular weight is 70.0 g/mol. The van der Waals surface area contributed by atoms with Crippen molar-refractivity contribution < 1.29 is 33.9 Å². The molecule has 0 N–H and O–H groups in total. The van der Waals surface area contributed by atoms with Crippen molar-refractivity contribution in [3.63, 3.8) is 0 Å². The van der Waals surface area contributed by atoms with Crippen LogP contribution in [0.4, 0.5) is 4.39 Å². The summed E-state index contributed by atoms with van der Waals surface area (Å²) in [5.41, 5.74) is 0. The monoisotopic (exact) mass is 70.0 g/mol. The predicted octanol–water partition coefficient (Wildman–Crippen LogP) is -2.21. The van der Waals surface area contributed by atoms with E-state index in [4.69, 9.17) is 0 Å². The number of rotatable bonds is 0. The zero-order chi connectivity index (χ0) is 2.71. The zero-order valence-electron chi connectivity index (χ0n) is 2.79. The molecule has 2 heteroatoms. The summed E-state index contributed by atoms with van der Waals surface area (Å²) < 4.78 is 10.2. The fourth-order valence-electron chi connectivity index (χ4n) is 0. The van der Waals surface area contributed by atoms with Gasteiger partial charge in [-0.2, -0.15) is 0 Å². The Morgan fingerprint density at radius 3 is 1.75 bits per heavy atom. The van der Waals surface area contributed by atoms with Crippen molar-refractivity contribution in [3.05, 3.63) is 6.92 Å². The van der Waals surface area contributed by atoms with Gasteiger partial charge in [0, 0.05) is 0 Å². The molecule has 0 aliphatic carbocycles. The molecule has 0 aromatic heterocycles. The SMILES string of the molecule is [CH2-]CF.[Na+]. The summed E-state index contributed by atoms with van der Waals surface area (Å²) in [6, 6.07) is 0. The van der Waals surface area contributed by atoms with Crippen molar-refractivity contribution in [2.24, 2.45) is 0 Å². The van der Waals surface area contributed by atoms with Gasteiger partial charge in [-0.05, 0) is 6.67 Å². The summed E-state index contributed by atoms with van der Waals surface area (Å²) in [6.07, 6.45) is 0. The first-order valence-electron chi connectivity index (χ1n) is 0.767. The fourth-order valence-corrected chi connectivity index (χ4v) is 0. The van der Waals surface area contributed by atoms with Crippen LogP contribution >= 0.6 is 0 Å². The molecular formula is C2H4FNa. The van der Waals surface area contributed by atoms with Crippen LogP contribution < -0.4 is 29.6 Å². The minimum absolute atomic E-state index is 0. The van der Waals surface area contributed by atoms with E-state index in [9.17, 15) is 4.39 Å². The molecule has 0 atom stereocenters. The Balaban J connectivity index is 0. The van der Waals surface area contributed by atoms with Gasteiger partial charge in [-0.15, -0.1) is 0 Å². The van der Waals surface area contributed by atoms with Gasteiger partial charge < -0.3 is 6.92 Å². The van der Waals surface area contributed by atoms with Crippen molar-refractivity contribution in [1.82, 2.24) is 0 Å². The zero-order valence-corrected chi connectivity index (χ0v) is 4.79. The summed E-state index contributed by atoms with van der Waals surface area (Å²) in [4.78, 5) is 0. The molecule has 4 heavy (non-hydrogen) atoms. The van der Waals surface area contributed by atoms with E-state index in [0.717, 1.165) is 0 Å². The van der Waals surface area contributed by atoms with Crippen molar-refractivity contribution in [2.45, 2.75) is 0 Å². The second-order valence-electron chi connectivity index (χ2n) is 0.189. The first kappa shape index (κ1) is 8.87. The molecule has 20 valence electrons. The third-order valence-electron chi connectivity index (χ3n) is 0. The molecule has 0 rings (SSSR count). The third kappa shape index (κ3) is 12.6. The predicted molar refractivity (Wildman–Crippen MR) is 11.3 cm³/mol. The maximum Gasteiger partial charge on any atom is 1.00 e. The van der Waals surface area contributed by atoms with Crippen LogP contribution in [0.5, 0.6) is 0 Å². The number of alkyl halides is 1. The Morgan fingerprint density at radius 2 is 1.75 bits per heavy atom. The molecule has 0 aliphatic rings. The first-order chi connectivity index (χ1) is 1.41. The molecule has 0 radical (unpaired) electrons. The molecule has 0 aromatic rings. The average Bonchev–Trinajstić information content (AvgIpc) is 0.918. The van der Waals surface area contributed by atoms with E-state index in [0.29, 0.717) is 0 Å². The molecule has 0 bridgehead atoms. The molecule has 0 saturated carbocycles. The van der Waals surface area contributed by atoms with E-state index in [1.54, 1.807) is 0 Å². The second-order valence-corrected chi connectivity index (χ2v) is 0.189. The first-order valence-corrected chi connectivity index (χ1v) is 0.767. The number of halogens is 1. The number of hydrogen-bond donors (Lipinski definition) is 0. The molecular weight excluding hydrogens is 66.0 g/mol. The van der Waals surface area contributed by atoms with Crippen molar-refractivity contribution in [1.29, 1.82) is 0 Å². The molecule has 0 unspecified atom stereocenters. The van der Waals surface area contributed by atoms with Crippen molar-refractivity contribution in [2.75, 3.05) is 6.67 Å². The fraction of sp³-hybridized carbons (Fsp3) is 0.500. The van der Waals surface area contributed by atoms with Crippen molar-refractivity contribution >= 4 is 0 Å². The second kappa shape index (κ2) is 9.06. The van der Waals surface area contributed by atoms with E-state index >= 15 is 0 Å². The summed E-state index contributed by atoms with van der Waals surface area (Å²) >= 11 is 0. The van der Waals surface area contributed by atoms with Gasteiger partial charge in [0.25, 0.3) is 0 Å². The quantitative estimate of drug-likeness (QED) is 0.224. The van der Waals surface area contributed by atoms with Crippen LogP contribution in [-0.4, -0.2) is 6.67 Å². The van der Waals surface area contributed by atoms with Crippen LogP contribution in [-0.2, 0) is 0 Å². The van der Waals surface area contributed by atoms with Gasteiger partial charge >= 0.3 is 29.6 Å². The Labute approximate surface area is 47.7 Å². The molecule has 0 aliphatic heterocycles. The van der Waals surface area contributed by atoms with Gasteiger partial charge in [0.1, 0.15) is 0 Å². The van der Waals surface area contributed by atoms with Gasteiger partial charge in [-0.3, -0.25) is 4.39 Å². The van der Waals surface area contributed by atoms with E-state index in [-0.39, 0.29) is 29.6 Å². The minimum Gasteiger partial charge on any atom is -0.313 e. The minimum atomic E-state index is -0.500. The molecule has 0 nitrogen and oxygen atoms in total. The van der Waals surface area contributed by atoms with Gasteiger partial charge in [0.05, 0.1) is 0 Å². The van der Waals surface area contributed by atoms with Crippen LogP contribution in [0.25, 0.3) is 0 Å². The normalized spacial score (nSPS) is 4.50. The van der Waals surface area contributed by atoms with Crippen LogP contribution in [0, 0.1) is 6.92 Å². The van der Waals surface area contributed by atoms with Gasteiger partial charge in [-0.1, -0.05) is 0 Å². The smallest absolute Gasteiger partial charge is 0.313 e. The third-order valence-corrected chi connectivity index (χ3v) is 0. The van der Waals surface area contributed by atoms with E-state index in [1.807, 2.05) is 0 Å². The van der Waals surface area contributed by atoms with Crippen LogP contribution in [0.3, 0.4) is 0 Å². The maximum atomic E-state index is 10.2. The molecule has 0 spiro atoms. The topological polar surface area (TPSA) is 0 Å². The van der Waals surface area contributed by atoms with Crippen LogP contribution in [0.15, 0.2) is 0 Å². The molecule has 0 amide bonds. The van der Waals surface area contributed by atoms with Crippen molar-refractivity contribution in [3.8, 4) is 0 Å². The summed E-state index contributed by atoms with van der Waals surface area (Å²) in [6.45, 7) is 2.32. The van der Waals surface area contributed by atoms with Gasteiger partial charge in [0.15, 0.2) is 0 Å². The Hall–Kier alpha value is 0.930. The Kier molecular flexibility index (Phi) is 20.1. The van der Waals surface area contributed by atoms with Crippen LogP contribution in [0.2, 0.25) is 0 Å². The molecule has 0 heterocycles. The van der Waals surface area contributed by atoms with Crippen LogP contribution in [0.1, 0.15) is 0 Å². The van der Waals surface area contributed by atoms with E-state index < -0.39 is 6.67 Å². The van der Waals surface area contributed by atoms with E-state index in [1.165, 1.54) is 0 Å². The standard InChI is InChI=1S/C2H4F.Na/c1-2-3;/h1-2H2;/q-1;+1. The summed E-state index contributed by atoms with van der Waals surface area (Å²) in [5.74, 6) is 0. The van der Waals surface area contributed by atoms with Gasteiger partial charge in [-0.25, -0.2) is 0 Å². The van der Waals surface area contributed by atoms with Gasteiger partial charge in [0.2, 0.25) is 0 Å². The Morgan fingerprint density at radius 1 is 1.75 bits per heavy atom. The summed E-state index contributed by atoms with van der Waals surface area (Å²) in [7, 11) is 0. The molecule has 0 aromatic carbocycles. The largest absolute Gasteiger partial charge is 1.00 e. The summed E-state index contributed by atoms with van der Waals surface area (Å²) in [5, 5.41) is 0. The number of hydrogen-bond acceptors (Lipinski definition) is 0. The van der Waals surface area contributed by atoms with E-state index in [2.05, 4.69) is 6.92 Å². The molecule has 0 fully saturated rings. The Bertz CT molecular complexity index is 6.00.